The van der Waals surface area contributed by atoms with Crippen LogP contribution in [-0.2, 0) is 18.2 Å². The summed E-state index contributed by atoms with van der Waals surface area (Å²) in [6.45, 7) is 0. The SMILES string of the molecule is Fc1c(F)c(F)c([N]=[Mo+2]=[N]c2c(F)c(F)c(F)c(F)c2F)c(F)c1F. The molecule has 2 aromatic carbocycles. The number of rotatable bonds is 2. The molecular weight excluding hydrogens is 458 g/mol. The summed E-state index contributed by atoms with van der Waals surface area (Å²) in [7, 11) is 0. The van der Waals surface area contributed by atoms with Crippen LogP contribution in [-0.4, -0.2) is 0 Å². The van der Waals surface area contributed by atoms with E-state index in [2.05, 4.69) is 6.99 Å². The maximum atomic E-state index is 13.3. The average molecular weight is 458 g/mol. The molecule has 0 amide bonds. The average Bonchev–Trinajstić information content (AvgIpc) is 2.60. The van der Waals surface area contributed by atoms with E-state index in [9.17, 15) is 43.9 Å². The van der Waals surface area contributed by atoms with Crippen molar-refractivity contribution in [1.29, 1.82) is 0 Å². The standard InChI is InChI=1S/2C6F5N.Mo/c2*7-1-2(8)4(10)6(12)5(11)3(1)9;/q;;+2. The Morgan fingerprint density at radius 1 is 0.360 bits per heavy atom. The van der Waals surface area contributed by atoms with Gasteiger partial charge >= 0.3 is 139 Å². The normalized spacial score (nSPS) is 10.6. The Morgan fingerprint density at radius 2 is 0.560 bits per heavy atom. The van der Waals surface area contributed by atoms with Crippen LogP contribution in [0.15, 0.2) is 6.99 Å². The van der Waals surface area contributed by atoms with E-state index in [1.54, 1.807) is 0 Å². The van der Waals surface area contributed by atoms with E-state index in [1.807, 2.05) is 0 Å². The monoisotopic (exact) mass is 460 g/mol. The molecule has 2 rings (SSSR count). The minimum atomic E-state index is -2.69. The first-order chi connectivity index (χ1) is 11.6. The van der Waals surface area contributed by atoms with Crippen LogP contribution in [0.2, 0.25) is 0 Å². The molecule has 0 spiro atoms. The van der Waals surface area contributed by atoms with Crippen LogP contribution in [0.1, 0.15) is 0 Å². The topological polar surface area (TPSA) is 24.7 Å². The number of hydrogen-bond donors (Lipinski definition) is 0. The summed E-state index contributed by atoms with van der Waals surface area (Å²) in [5, 5.41) is 0. The molecule has 2 nitrogen and oxygen atoms in total. The molecule has 0 atom stereocenters. The molecule has 0 aromatic heterocycles. The summed E-state index contributed by atoms with van der Waals surface area (Å²) < 4.78 is 136. The van der Waals surface area contributed by atoms with Crippen LogP contribution in [0.4, 0.5) is 55.3 Å². The molecule has 132 valence electrons. The van der Waals surface area contributed by atoms with E-state index in [0.717, 1.165) is 0 Å². The van der Waals surface area contributed by atoms with Crippen LogP contribution in [0.25, 0.3) is 0 Å². The van der Waals surface area contributed by atoms with Crippen molar-refractivity contribution < 1.29 is 62.1 Å². The van der Waals surface area contributed by atoms with E-state index >= 15 is 0 Å². The number of nitrogens with zero attached hydrogens (tertiary/aromatic N) is 2. The summed E-state index contributed by atoms with van der Waals surface area (Å²) in [6, 6.07) is 0. The summed E-state index contributed by atoms with van der Waals surface area (Å²) in [4.78, 5) is 0. The fourth-order valence-corrected chi connectivity index (χ4v) is 2.74. The van der Waals surface area contributed by atoms with Crippen molar-refractivity contribution in [2.45, 2.75) is 0 Å². The van der Waals surface area contributed by atoms with Crippen molar-refractivity contribution in [1.82, 2.24) is 0 Å². The van der Waals surface area contributed by atoms with Crippen molar-refractivity contribution in [3.63, 3.8) is 0 Å². The Kier molecular flexibility index (Phi) is 5.50. The molecule has 0 saturated heterocycles. The second kappa shape index (κ2) is 7.10. The molecule has 13 heteroatoms. The van der Waals surface area contributed by atoms with Gasteiger partial charge in [0.2, 0.25) is 0 Å². The number of hydrogen-bond acceptors (Lipinski definition) is 2. The van der Waals surface area contributed by atoms with Gasteiger partial charge in [-0.2, -0.15) is 0 Å². The zero-order valence-corrected chi connectivity index (χ0v) is 13.1. The molecule has 25 heavy (non-hydrogen) atoms. The third-order valence-electron chi connectivity index (χ3n) is 2.64. The van der Waals surface area contributed by atoms with Gasteiger partial charge in [-0.1, -0.05) is 0 Å². The van der Waals surface area contributed by atoms with Gasteiger partial charge in [0.15, 0.2) is 0 Å². The Hall–Kier alpha value is -1.97. The van der Waals surface area contributed by atoms with Gasteiger partial charge in [0, 0.05) is 0 Å². The molecule has 0 bridgehead atoms. The Bertz CT molecular complexity index is 820. The third-order valence-corrected chi connectivity index (χ3v) is 3.94. The van der Waals surface area contributed by atoms with Crippen LogP contribution in [0.5, 0.6) is 0 Å². The van der Waals surface area contributed by atoms with Gasteiger partial charge in [-0.3, -0.25) is 0 Å². The molecule has 0 saturated carbocycles. The van der Waals surface area contributed by atoms with Crippen molar-refractivity contribution in [3.05, 3.63) is 58.2 Å². The van der Waals surface area contributed by atoms with Crippen molar-refractivity contribution in [3.8, 4) is 0 Å². The zero-order chi connectivity index (χ0) is 19.0. The molecule has 0 aliphatic rings. The molecular formula is C12F10MoN2+2. The summed E-state index contributed by atoms with van der Waals surface area (Å²) >= 11 is -2.69. The fourth-order valence-electron chi connectivity index (χ4n) is 1.45. The Balaban J connectivity index is 2.63. The van der Waals surface area contributed by atoms with Gasteiger partial charge < -0.3 is 0 Å². The van der Waals surface area contributed by atoms with Gasteiger partial charge in [-0.25, -0.2) is 0 Å². The Labute approximate surface area is 139 Å². The summed E-state index contributed by atoms with van der Waals surface area (Å²) in [6.07, 6.45) is 0. The van der Waals surface area contributed by atoms with Gasteiger partial charge in [0.1, 0.15) is 0 Å². The molecule has 0 radical (unpaired) electrons. The number of benzene rings is 2. The van der Waals surface area contributed by atoms with Gasteiger partial charge in [0.05, 0.1) is 0 Å². The molecule has 0 heterocycles. The van der Waals surface area contributed by atoms with Crippen LogP contribution in [0, 0.1) is 58.2 Å². The zero-order valence-electron chi connectivity index (χ0n) is 11.1. The van der Waals surface area contributed by atoms with Crippen LogP contribution < -0.4 is 0 Å². The van der Waals surface area contributed by atoms with Crippen LogP contribution >= 0.6 is 0 Å². The molecule has 0 aliphatic carbocycles. The fraction of sp³-hybridized carbons (Fsp3) is 0. The van der Waals surface area contributed by atoms with Gasteiger partial charge in [-0.15, -0.1) is 0 Å². The first-order valence-electron chi connectivity index (χ1n) is 5.70. The van der Waals surface area contributed by atoms with Crippen LogP contribution in [0.3, 0.4) is 0 Å². The second-order valence-electron chi connectivity index (χ2n) is 4.10. The van der Waals surface area contributed by atoms with Crippen molar-refractivity contribution in [2.75, 3.05) is 0 Å². The Morgan fingerprint density at radius 3 is 0.800 bits per heavy atom. The molecule has 0 aliphatic heterocycles. The summed E-state index contributed by atoms with van der Waals surface area (Å²) in [5.41, 5.74) is -3.32. The first-order valence-corrected chi connectivity index (χ1v) is 7.50. The quantitative estimate of drug-likeness (QED) is 0.246. The molecule has 0 fully saturated rings. The van der Waals surface area contributed by atoms with E-state index in [-0.39, 0.29) is 0 Å². The summed E-state index contributed by atoms with van der Waals surface area (Å²) in [5.74, 6) is -23.5. The minimum absolute atomic E-state index is 1.66. The van der Waals surface area contributed by atoms with E-state index in [0.29, 0.717) is 0 Å². The van der Waals surface area contributed by atoms with Crippen molar-refractivity contribution in [2.24, 2.45) is 6.99 Å². The van der Waals surface area contributed by atoms with Crippen molar-refractivity contribution >= 4 is 11.4 Å². The number of halogens is 10. The second-order valence-corrected chi connectivity index (χ2v) is 5.40. The van der Waals surface area contributed by atoms with E-state index in [4.69, 9.17) is 0 Å². The maximum absolute atomic E-state index is 13.3. The molecule has 2 aromatic rings. The van der Waals surface area contributed by atoms with Gasteiger partial charge in [-0.05, 0) is 0 Å². The third kappa shape index (κ3) is 3.26. The predicted molar refractivity (Wildman–Crippen MR) is 56.6 cm³/mol. The van der Waals surface area contributed by atoms with E-state index in [1.165, 1.54) is 0 Å². The molecule has 0 N–H and O–H groups in total. The van der Waals surface area contributed by atoms with Gasteiger partial charge in [0.25, 0.3) is 0 Å². The predicted octanol–water partition coefficient (Wildman–Crippen LogP) is 5.49. The first kappa shape index (κ1) is 19.4. The van der Waals surface area contributed by atoms with E-state index < -0.39 is 87.7 Å². The molecule has 0 unspecified atom stereocenters.